The van der Waals surface area contributed by atoms with Crippen LogP contribution in [0.3, 0.4) is 0 Å². The van der Waals surface area contributed by atoms with E-state index in [1.165, 1.54) is 17.8 Å². The Morgan fingerprint density at radius 2 is 1.97 bits per heavy atom. The number of hydrogen-bond donors (Lipinski definition) is 1. The van der Waals surface area contributed by atoms with E-state index < -0.39 is 17.5 Å². The van der Waals surface area contributed by atoms with Crippen LogP contribution in [0.15, 0.2) is 53.7 Å². The van der Waals surface area contributed by atoms with Crippen molar-refractivity contribution in [1.82, 2.24) is 19.5 Å². The third-order valence-corrected chi connectivity index (χ3v) is 8.47. The lowest BCUT2D eigenvalue weighted by atomic mass is 9.95. The van der Waals surface area contributed by atoms with Gasteiger partial charge in [0.05, 0.1) is 23.7 Å². The Kier molecular flexibility index (Phi) is 6.30. The van der Waals surface area contributed by atoms with Crippen LogP contribution in [0.4, 0.5) is 8.78 Å². The number of aliphatic hydroxyl groups is 1. The molecule has 2 aromatic heterocycles. The van der Waals surface area contributed by atoms with Crippen molar-refractivity contribution in [2.24, 2.45) is 0 Å². The van der Waals surface area contributed by atoms with Crippen LogP contribution >= 0.6 is 11.8 Å². The molecule has 3 atom stereocenters. The topological polar surface area (TPSA) is 99.4 Å². The zero-order valence-corrected chi connectivity index (χ0v) is 22.3. The van der Waals surface area contributed by atoms with Crippen molar-refractivity contribution >= 4 is 28.8 Å². The average Bonchev–Trinajstić information content (AvgIpc) is 3.37. The molecule has 0 amide bonds. The van der Waals surface area contributed by atoms with Gasteiger partial charge in [-0.05, 0) is 57.0 Å². The molecule has 39 heavy (non-hydrogen) atoms. The second kappa shape index (κ2) is 9.56. The SMILES string of the molecule is CCOC(=O)C1Sc2cccc(OC(F)F)c2[C@@H]2C[C@@H]1c1nc3ccc(-c4cnc(C(C)(C)O)nc4)cc3n12. The summed E-state index contributed by atoms with van der Waals surface area (Å²) in [6, 6.07) is 10.4. The lowest BCUT2D eigenvalue weighted by Crippen LogP contribution is -2.26. The first-order valence-corrected chi connectivity index (χ1v) is 13.5. The highest BCUT2D eigenvalue weighted by Gasteiger charge is 2.47. The molecule has 4 aromatic rings. The first kappa shape index (κ1) is 25.7. The molecule has 0 radical (unpaired) electrons. The third kappa shape index (κ3) is 4.43. The van der Waals surface area contributed by atoms with Gasteiger partial charge in [-0.25, -0.2) is 15.0 Å². The van der Waals surface area contributed by atoms with Crippen molar-refractivity contribution in [1.29, 1.82) is 0 Å². The highest BCUT2D eigenvalue weighted by molar-refractivity contribution is 8.00. The van der Waals surface area contributed by atoms with E-state index in [1.54, 1.807) is 39.2 Å². The van der Waals surface area contributed by atoms with Crippen LogP contribution in [0, 0.1) is 0 Å². The van der Waals surface area contributed by atoms with Gasteiger partial charge in [-0.15, -0.1) is 11.8 Å². The Morgan fingerprint density at radius 3 is 2.67 bits per heavy atom. The maximum atomic E-state index is 13.4. The van der Waals surface area contributed by atoms with Crippen LogP contribution in [0.25, 0.3) is 22.2 Å². The number of carbonyl (C=O) groups excluding carboxylic acids is 1. The van der Waals surface area contributed by atoms with Crippen molar-refractivity contribution in [3.05, 3.63) is 66.0 Å². The Balaban J connectivity index is 1.52. The Labute approximate surface area is 227 Å². The summed E-state index contributed by atoms with van der Waals surface area (Å²) in [6.07, 6.45) is 3.81. The molecule has 0 saturated heterocycles. The molecule has 202 valence electrons. The average molecular weight is 553 g/mol. The molecule has 0 fully saturated rings. The normalized spacial score (nSPS) is 20.0. The number of thioether (sulfide) groups is 1. The number of benzene rings is 2. The summed E-state index contributed by atoms with van der Waals surface area (Å²) in [5, 5.41) is 9.62. The number of carbonyl (C=O) groups is 1. The van der Waals surface area contributed by atoms with Gasteiger partial charge in [0.25, 0.3) is 0 Å². The van der Waals surface area contributed by atoms with E-state index in [0.29, 0.717) is 28.5 Å². The van der Waals surface area contributed by atoms with Gasteiger partial charge >= 0.3 is 12.6 Å². The number of alkyl halides is 2. The van der Waals surface area contributed by atoms with Gasteiger partial charge in [-0.1, -0.05) is 12.1 Å². The largest absolute Gasteiger partial charge is 0.465 e. The van der Waals surface area contributed by atoms with E-state index in [0.717, 1.165) is 22.2 Å². The Bertz CT molecular complexity index is 1570. The quantitative estimate of drug-likeness (QED) is 0.316. The van der Waals surface area contributed by atoms with Gasteiger partial charge in [-0.3, -0.25) is 4.79 Å². The predicted molar refractivity (Wildman–Crippen MR) is 141 cm³/mol. The molecule has 2 aliphatic rings. The van der Waals surface area contributed by atoms with Crippen LogP contribution in [0.5, 0.6) is 5.75 Å². The molecule has 6 rings (SSSR count). The van der Waals surface area contributed by atoms with Gasteiger partial charge in [0.2, 0.25) is 0 Å². The third-order valence-electron chi connectivity index (χ3n) is 7.08. The highest BCUT2D eigenvalue weighted by Crippen LogP contribution is 2.55. The first-order chi connectivity index (χ1) is 18.7. The molecular formula is C28H26F2N4O4S. The Hall–Kier alpha value is -3.57. The number of fused-ring (bicyclic) bond motifs is 9. The molecule has 2 aliphatic heterocycles. The minimum Gasteiger partial charge on any atom is -0.465 e. The maximum Gasteiger partial charge on any atom is 0.387 e. The van der Waals surface area contributed by atoms with Gasteiger partial charge in [0, 0.05) is 34.3 Å². The zero-order valence-electron chi connectivity index (χ0n) is 21.5. The second-order valence-corrected chi connectivity index (χ2v) is 11.3. The molecule has 0 aliphatic carbocycles. The zero-order chi connectivity index (χ0) is 27.5. The molecule has 4 heterocycles. The molecule has 2 aromatic carbocycles. The summed E-state index contributed by atoms with van der Waals surface area (Å²) in [5.74, 6) is 0.475. The van der Waals surface area contributed by atoms with Gasteiger partial charge in [0.15, 0.2) is 5.82 Å². The van der Waals surface area contributed by atoms with Crippen LogP contribution in [0.1, 0.15) is 56.4 Å². The number of nitrogens with zero attached hydrogens (tertiary/aromatic N) is 4. The number of ether oxygens (including phenoxy) is 2. The summed E-state index contributed by atoms with van der Waals surface area (Å²) in [6.45, 7) is 2.25. The van der Waals surface area contributed by atoms with Crippen molar-refractivity contribution in [3.8, 4) is 16.9 Å². The second-order valence-electron chi connectivity index (χ2n) is 10.1. The molecule has 0 saturated carbocycles. The number of halogens is 2. The summed E-state index contributed by atoms with van der Waals surface area (Å²) in [7, 11) is 0. The number of imidazole rings is 1. The van der Waals surface area contributed by atoms with Crippen molar-refractivity contribution in [3.63, 3.8) is 0 Å². The summed E-state index contributed by atoms with van der Waals surface area (Å²) in [4.78, 5) is 27.4. The predicted octanol–water partition coefficient (Wildman–Crippen LogP) is 5.44. The number of aromatic nitrogens is 4. The number of esters is 1. The molecule has 2 bridgehead atoms. The Morgan fingerprint density at radius 1 is 1.21 bits per heavy atom. The number of hydrogen-bond acceptors (Lipinski definition) is 8. The summed E-state index contributed by atoms with van der Waals surface area (Å²) >= 11 is 1.32. The van der Waals surface area contributed by atoms with Crippen LogP contribution < -0.4 is 4.74 Å². The monoisotopic (exact) mass is 552 g/mol. The first-order valence-electron chi connectivity index (χ1n) is 12.6. The van der Waals surface area contributed by atoms with Gasteiger partial charge < -0.3 is 19.1 Å². The fourth-order valence-corrected chi connectivity index (χ4v) is 6.80. The van der Waals surface area contributed by atoms with E-state index in [1.807, 2.05) is 28.8 Å². The minimum atomic E-state index is -2.99. The molecule has 1 unspecified atom stereocenters. The van der Waals surface area contributed by atoms with E-state index >= 15 is 0 Å². The lowest BCUT2D eigenvalue weighted by Gasteiger charge is -2.23. The number of rotatable bonds is 6. The van der Waals surface area contributed by atoms with Gasteiger partial charge in [-0.2, -0.15) is 8.78 Å². The minimum absolute atomic E-state index is 0.0877. The van der Waals surface area contributed by atoms with Crippen LogP contribution in [-0.2, 0) is 15.1 Å². The van der Waals surface area contributed by atoms with E-state index in [2.05, 4.69) is 9.97 Å². The highest BCUT2D eigenvalue weighted by atomic mass is 32.2. The summed E-state index contributed by atoms with van der Waals surface area (Å²) in [5.41, 5.74) is 2.56. The van der Waals surface area contributed by atoms with Gasteiger partial charge in [0.1, 0.15) is 22.4 Å². The lowest BCUT2D eigenvalue weighted by molar-refractivity contribution is -0.142. The van der Waals surface area contributed by atoms with Crippen molar-refractivity contribution < 1.29 is 28.2 Å². The van der Waals surface area contributed by atoms with Crippen molar-refractivity contribution in [2.75, 3.05) is 6.61 Å². The summed E-state index contributed by atoms with van der Waals surface area (Å²) < 4.78 is 39.3. The molecular weight excluding hydrogens is 526 g/mol. The van der Waals surface area contributed by atoms with E-state index in [-0.39, 0.29) is 30.3 Å². The molecule has 1 N–H and O–H groups in total. The fourth-order valence-electron chi connectivity index (χ4n) is 5.44. The van der Waals surface area contributed by atoms with E-state index in [9.17, 15) is 18.7 Å². The smallest absolute Gasteiger partial charge is 0.387 e. The molecule has 11 heteroatoms. The van der Waals surface area contributed by atoms with E-state index in [4.69, 9.17) is 14.5 Å². The maximum absolute atomic E-state index is 13.4. The van der Waals surface area contributed by atoms with Crippen molar-refractivity contribution in [2.45, 2.75) is 61.5 Å². The molecule has 0 spiro atoms. The molecule has 8 nitrogen and oxygen atoms in total. The van der Waals surface area contributed by atoms with Crippen LogP contribution in [-0.4, -0.2) is 49.1 Å². The standard InChI is InChI=1S/C28H26F2N4O4S/c1-4-37-25(35)23-16-11-19(22-20(38-27(29)30)6-5-7-21(22)39-23)34-18-10-14(8-9-17(18)33-24(16)34)15-12-31-26(32-13-15)28(2,3)36/h5-10,12-13,16,19,23,27,36H,4,11H2,1-3H3/t16-,19-,23?/m0/s1. The fraction of sp³-hybridized carbons (Fsp3) is 0.357. The van der Waals surface area contributed by atoms with Crippen LogP contribution in [0.2, 0.25) is 0 Å².